The van der Waals surface area contributed by atoms with Gasteiger partial charge in [-0.3, -0.25) is 0 Å². The van der Waals surface area contributed by atoms with Gasteiger partial charge >= 0.3 is 0 Å². The largest absolute Gasteiger partial charge is 0.378 e. The Bertz CT molecular complexity index is 455. The third-order valence-corrected chi connectivity index (χ3v) is 3.81. The lowest BCUT2D eigenvalue weighted by molar-refractivity contribution is -0.200. The molecule has 1 saturated heterocycles. The Labute approximate surface area is 134 Å². The van der Waals surface area contributed by atoms with E-state index in [4.69, 9.17) is 20.6 Å². The van der Waals surface area contributed by atoms with Crippen molar-refractivity contribution in [2.45, 2.75) is 51.4 Å². The predicted molar refractivity (Wildman–Crippen MR) is 87.5 cm³/mol. The number of hydrogen-bond donors (Lipinski definition) is 0. The average molecular weight is 302 g/mol. The topological polar surface area (TPSA) is 27.7 Å². The van der Waals surface area contributed by atoms with Gasteiger partial charge in [0.25, 0.3) is 0 Å². The molecule has 0 N–H and O–H groups in total. The molecule has 0 amide bonds. The summed E-state index contributed by atoms with van der Waals surface area (Å²) in [7, 11) is 0. The summed E-state index contributed by atoms with van der Waals surface area (Å²) in [5.41, 5.74) is 1.97. The summed E-state index contributed by atoms with van der Waals surface area (Å²) in [5.74, 6) is 2.64. The van der Waals surface area contributed by atoms with Crippen molar-refractivity contribution in [2.24, 2.45) is 0 Å². The maximum atomic E-state index is 6.13. The Kier molecular flexibility index (Phi) is 7.45. The highest BCUT2D eigenvalue weighted by Crippen LogP contribution is 2.24. The van der Waals surface area contributed by atoms with Crippen LogP contribution in [0.15, 0.2) is 24.3 Å². The molecule has 0 spiro atoms. The Hall–Kier alpha value is -1.34. The van der Waals surface area contributed by atoms with Crippen LogP contribution in [-0.2, 0) is 14.2 Å². The van der Waals surface area contributed by atoms with Crippen LogP contribution in [0, 0.1) is 12.3 Å². The molecule has 120 valence electrons. The first-order valence-corrected chi connectivity index (χ1v) is 8.25. The van der Waals surface area contributed by atoms with E-state index in [0.717, 1.165) is 56.4 Å². The van der Waals surface area contributed by atoms with Gasteiger partial charge in [0.15, 0.2) is 6.29 Å². The Morgan fingerprint density at radius 2 is 2.14 bits per heavy atom. The van der Waals surface area contributed by atoms with Gasteiger partial charge in [-0.25, -0.2) is 0 Å². The minimum absolute atomic E-state index is 0.105. The number of benzene rings is 1. The van der Waals surface area contributed by atoms with Crippen molar-refractivity contribution in [2.75, 3.05) is 19.8 Å². The number of unbranched alkanes of at least 4 members (excludes halogenated alkanes) is 1. The monoisotopic (exact) mass is 302 g/mol. The zero-order valence-corrected chi connectivity index (χ0v) is 13.4. The van der Waals surface area contributed by atoms with E-state index in [0.29, 0.717) is 6.61 Å². The molecule has 1 fully saturated rings. The number of terminal acetylenes is 1. The lowest BCUT2D eigenvalue weighted by atomic mass is 10.1. The highest BCUT2D eigenvalue weighted by molar-refractivity contribution is 5.34. The molecule has 0 aromatic heterocycles. The summed E-state index contributed by atoms with van der Waals surface area (Å²) in [6.07, 6.45) is 10.6. The van der Waals surface area contributed by atoms with E-state index in [-0.39, 0.29) is 12.4 Å². The van der Waals surface area contributed by atoms with Gasteiger partial charge in [0.1, 0.15) is 6.10 Å². The molecule has 0 radical (unpaired) electrons. The summed E-state index contributed by atoms with van der Waals surface area (Å²) < 4.78 is 17.6. The maximum Gasteiger partial charge on any atom is 0.158 e. The molecule has 3 nitrogen and oxygen atoms in total. The molecule has 2 rings (SSSR count). The van der Waals surface area contributed by atoms with Gasteiger partial charge in [-0.2, -0.15) is 0 Å². The highest BCUT2D eigenvalue weighted by atomic mass is 16.7. The number of ether oxygens (including phenoxy) is 3. The molecule has 1 heterocycles. The summed E-state index contributed by atoms with van der Waals surface area (Å²) in [6.45, 7) is 4.26. The first kappa shape index (κ1) is 17.0. The van der Waals surface area contributed by atoms with Crippen LogP contribution in [0.3, 0.4) is 0 Å². The van der Waals surface area contributed by atoms with E-state index in [1.54, 1.807) is 0 Å². The number of hydrogen-bond acceptors (Lipinski definition) is 3. The van der Waals surface area contributed by atoms with E-state index < -0.39 is 0 Å². The van der Waals surface area contributed by atoms with Crippen LogP contribution in [0.5, 0.6) is 0 Å². The van der Waals surface area contributed by atoms with Crippen LogP contribution in [0.25, 0.3) is 0 Å². The molecule has 1 aromatic rings. The minimum Gasteiger partial charge on any atom is -0.378 e. The van der Waals surface area contributed by atoms with Crippen molar-refractivity contribution in [3.63, 3.8) is 0 Å². The van der Waals surface area contributed by atoms with Crippen molar-refractivity contribution in [3.05, 3.63) is 35.4 Å². The molecule has 1 aliphatic rings. The van der Waals surface area contributed by atoms with Crippen molar-refractivity contribution in [1.29, 1.82) is 0 Å². The molecule has 1 aromatic carbocycles. The lowest BCUT2D eigenvalue weighted by Crippen LogP contribution is -2.26. The van der Waals surface area contributed by atoms with Gasteiger partial charge in [0.2, 0.25) is 0 Å². The van der Waals surface area contributed by atoms with Gasteiger partial charge in [-0.1, -0.05) is 31.4 Å². The molecule has 0 bridgehead atoms. The summed E-state index contributed by atoms with van der Waals surface area (Å²) in [6, 6.07) is 7.93. The van der Waals surface area contributed by atoms with Crippen LogP contribution in [-0.4, -0.2) is 26.1 Å². The van der Waals surface area contributed by atoms with Crippen LogP contribution in [0.1, 0.15) is 56.3 Å². The number of rotatable bonds is 8. The summed E-state index contributed by atoms with van der Waals surface area (Å²) in [5, 5.41) is 0. The van der Waals surface area contributed by atoms with E-state index in [1.165, 1.54) is 0 Å². The fourth-order valence-electron chi connectivity index (χ4n) is 2.45. The Morgan fingerprint density at radius 3 is 2.77 bits per heavy atom. The highest BCUT2D eigenvalue weighted by Gasteiger charge is 2.21. The third-order valence-electron chi connectivity index (χ3n) is 3.81. The van der Waals surface area contributed by atoms with E-state index >= 15 is 0 Å². The van der Waals surface area contributed by atoms with E-state index in [2.05, 4.69) is 12.8 Å². The van der Waals surface area contributed by atoms with E-state index in [9.17, 15) is 0 Å². The molecule has 22 heavy (non-hydrogen) atoms. The second-order valence-electron chi connectivity index (χ2n) is 5.62. The minimum atomic E-state index is -0.124. The molecule has 1 aliphatic heterocycles. The fourth-order valence-corrected chi connectivity index (χ4v) is 2.45. The molecule has 0 saturated carbocycles. The molecular weight excluding hydrogens is 276 g/mol. The van der Waals surface area contributed by atoms with Crippen LogP contribution < -0.4 is 0 Å². The Morgan fingerprint density at radius 1 is 1.32 bits per heavy atom. The van der Waals surface area contributed by atoms with Crippen LogP contribution >= 0.6 is 0 Å². The standard InChI is InChI=1S/C19H26O3/c1-3-5-13-20-15-18(22-19-8-6-7-14-21-19)17-11-9-16(4-2)10-12-17/h2,9-12,18-19H,3,5-8,13-15H2,1H3/t18-,19?/m1/s1. The third kappa shape index (κ3) is 5.46. The molecule has 0 aliphatic carbocycles. The smallest absolute Gasteiger partial charge is 0.158 e. The van der Waals surface area contributed by atoms with Crippen molar-refractivity contribution < 1.29 is 14.2 Å². The summed E-state index contributed by atoms with van der Waals surface area (Å²) >= 11 is 0. The van der Waals surface area contributed by atoms with Gasteiger partial charge in [0, 0.05) is 18.8 Å². The molecule has 3 heteroatoms. The maximum absolute atomic E-state index is 6.13. The van der Waals surface area contributed by atoms with Crippen LogP contribution in [0.2, 0.25) is 0 Å². The lowest BCUT2D eigenvalue weighted by Gasteiger charge is -2.28. The zero-order valence-electron chi connectivity index (χ0n) is 13.4. The van der Waals surface area contributed by atoms with Crippen molar-refractivity contribution in [3.8, 4) is 12.3 Å². The van der Waals surface area contributed by atoms with Crippen LogP contribution in [0.4, 0.5) is 0 Å². The predicted octanol–water partition coefficient (Wildman–Crippen LogP) is 4.07. The second-order valence-corrected chi connectivity index (χ2v) is 5.62. The first-order chi connectivity index (χ1) is 10.8. The normalized spacial score (nSPS) is 19.5. The zero-order chi connectivity index (χ0) is 15.6. The average Bonchev–Trinajstić information content (AvgIpc) is 2.59. The molecule has 2 atom stereocenters. The quantitative estimate of drug-likeness (QED) is 0.535. The van der Waals surface area contributed by atoms with Gasteiger partial charge in [0.05, 0.1) is 6.61 Å². The van der Waals surface area contributed by atoms with Crippen molar-refractivity contribution in [1.82, 2.24) is 0 Å². The molecule has 1 unspecified atom stereocenters. The Balaban J connectivity index is 1.97. The fraction of sp³-hybridized carbons (Fsp3) is 0.579. The molecular formula is C19H26O3. The SMILES string of the molecule is C#Cc1ccc([C@@H](COCCCC)OC2CCCCO2)cc1. The first-order valence-electron chi connectivity index (χ1n) is 8.25. The summed E-state index contributed by atoms with van der Waals surface area (Å²) in [4.78, 5) is 0. The van der Waals surface area contributed by atoms with E-state index in [1.807, 2.05) is 24.3 Å². The van der Waals surface area contributed by atoms with Crippen molar-refractivity contribution >= 4 is 0 Å². The van der Waals surface area contributed by atoms with Gasteiger partial charge in [-0.05, 0) is 43.4 Å². The van der Waals surface area contributed by atoms with Gasteiger partial charge < -0.3 is 14.2 Å². The van der Waals surface area contributed by atoms with Gasteiger partial charge in [-0.15, -0.1) is 6.42 Å². The second kappa shape index (κ2) is 9.63.